The lowest BCUT2D eigenvalue weighted by atomic mass is 9.94. The van der Waals surface area contributed by atoms with Crippen molar-refractivity contribution in [3.05, 3.63) is 212 Å². The fraction of sp³-hybridized carbons (Fsp3) is 0. The number of rotatable bonds is 7. The average molecular weight is 690 g/mol. The van der Waals surface area contributed by atoms with Gasteiger partial charge in [-0.3, -0.25) is 0 Å². The van der Waals surface area contributed by atoms with Crippen LogP contribution in [0.4, 0.5) is 17.1 Å². The Bertz CT molecular complexity index is 2880. The minimum atomic E-state index is 0.909. The van der Waals surface area contributed by atoms with Crippen LogP contribution in [0.2, 0.25) is 0 Å². The fourth-order valence-corrected chi connectivity index (χ4v) is 7.76. The van der Waals surface area contributed by atoms with E-state index in [1.165, 1.54) is 44.2 Å². The molecule has 0 bridgehead atoms. The minimum Gasteiger partial charge on any atom is -0.455 e. The Hall–Kier alpha value is -7.16. The molecule has 0 aliphatic rings. The summed E-state index contributed by atoms with van der Waals surface area (Å²) in [7, 11) is 0. The molecule has 0 saturated heterocycles. The van der Waals surface area contributed by atoms with E-state index in [1.807, 2.05) is 6.07 Å². The summed E-state index contributed by atoms with van der Waals surface area (Å²) < 4.78 is 6.51. The van der Waals surface area contributed by atoms with Crippen LogP contribution >= 0.6 is 0 Å². The lowest BCUT2D eigenvalue weighted by molar-refractivity contribution is 0.670. The quantitative estimate of drug-likeness (QED) is 0.166. The molecule has 54 heavy (non-hydrogen) atoms. The molecule has 254 valence electrons. The first kappa shape index (κ1) is 31.6. The Morgan fingerprint density at radius 3 is 1.37 bits per heavy atom. The molecular formula is C52H35NO. The van der Waals surface area contributed by atoms with Crippen LogP contribution in [0, 0.1) is 0 Å². The van der Waals surface area contributed by atoms with Gasteiger partial charge in [-0.25, -0.2) is 0 Å². The molecule has 10 rings (SSSR count). The zero-order valence-corrected chi connectivity index (χ0v) is 29.6. The van der Waals surface area contributed by atoms with Crippen molar-refractivity contribution in [3.63, 3.8) is 0 Å². The van der Waals surface area contributed by atoms with Crippen LogP contribution in [0.25, 0.3) is 77.2 Å². The van der Waals surface area contributed by atoms with Crippen LogP contribution in [0.3, 0.4) is 0 Å². The second-order valence-electron chi connectivity index (χ2n) is 13.7. The van der Waals surface area contributed by atoms with E-state index in [9.17, 15) is 0 Å². The van der Waals surface area contributed by atoms with Gasteiger partial charge in [0.2, 0.25) is 0 Å². The second kappa shape index (κ2) is 13.4. The third-order valence-electron chi connectivity index (χ3n) is 10.5. The van der Waals surface area contributed by atoms with Gasteiger partial charge in [-0.1, -0.05) is 158 Å². The maximum Gasteiger partial charge on any atom is 0.143 e. The van der Waals surface area contributed by atoms with Gasteiger partial charge in [0.25, 0.3) is 0 Å². The highest BCUT2D eigenvalue weighted by Crippen LogP contribution is 2.42. The number of benzene rings is 9. The smallest absolute Gasteiger partial charge is 0.143 e. The molecule has 0 amide bonds. The normalized spacial score (nSPS) is 11.3. The van der Waals surface area contributed by atoms with Crippen LogP contribution in [0.1, 0.15) is 0 Å². The molecule has 9 aromatic carbocycles. The molecule has 2 nitrogen and oxygen atoms in total. The first-order valence-electron chi connectivity index (χ1n) is 18.4. The summed E-state index contributed by atoms with van der Waals surface area (Å²) in [5.74, 6) is 0. The lowest BCUT2D eigenvalue weighted by Gasteiger charge is -2.26. The highest BCUT2D eigenvalue weighted by atomic mass is 16.3. The molecule has 0 aliphatic heterocycles. The summed E-state index contributed by atoms with van der Waals surface area (Å²) in [5.41, 5.74) is 14.6. The average Bonchev–Trinajstić information content (AvgIpc) is 3.65. The van der Waals surface area contributed by atoms with Crippen LogP contribution in [0.5, 0.6) is 0 Å². The number of hydrogen-bond acceptors (Lipinski definition) is 2. The molecule has 0 fully saturated rings. The van der Waals surface area contributed by atoms with E-state index < -0.39 is 0 Å². The topological polar surface area (TPSA) is 16.4 Å². The van der Waals surface area contributed by atoms with Crippen molar-refractivity contribution in [1.82, 2.24) is 0 Å². The Kier molecular flexibility index (Phi) is 7.85. The Balaban J connectivity index is 1.000. The molecule has 0 saturated carbocycles. The molecule has 0 atom stereocenters. The summed E-state index contributed by atoms with van der Waals surface area (Å²) in [6, 6.07) is 75.7. The summed E-state index contributed by atoms with van der Waals surface area (Å²) in [6.07, 6.45) is 0. The third-order valence-corrected chi connectivity index (χ3v) is 10.5. The molecule has 0 spiro atoms. The number of fused-ring (bicyclic) bond motifs is 5. The maximum atomic E-state index is 6.51. The predicted octanol–water partition coefficient (Wildman–Crippen LogP) is 14.9. The van der Waals surface area contributed by atoms with Crippen LogP contribution in [0.15, 0.2) is 217 Å². The van der Waals surface area contributed by atoms with Crippen molar-refractivity contribution < 1.29 is 4.42 Å². The Morgan fingerprint density at radius 2 is 0.759 bits per heavy atom. The van der Waals surface area contributed by atoms with E-state index in [2.05, 4.69) is 211 Å². The van der Waals surface area contributed by atoms with Crippen molar-refractivity contribution >= 4 is 49.8 Å². The molecule has 0 radical (unpaired) electrons. The van der Waals surface area contributed by atoms with E-state index in [4.69, 9.17) is 4.42 Å². The molecule has 2 heteroatoms. The molecule has 1 aromatic heterocycles. The van der Waals surface area contributed by atoms with Crippen molar-refractivity contribution in [2.75, 3.05) is 4.90 Å². The monoisotopic (exact) mass is 689 g/mol. The van der Waals surface area contributed by atoms with E-state index >= 15 is 0 Å². The van der Waals surface area contributed by atoms with Gasteiger partial charge in [-0.2, -0.15) is 0 Å². The van der Waals surface area contributed by atoms with Crippen molar-refractivity contribution in [2.45, 2.75) is 0 Å². The summed E-state index contributed by atoms with van der Waals surface area (Å²) in [6.45, 7) is 0. The van der Waals surface area contributed by atoms with Crippen LogP contribution < -0.4 is 4.90 Å². The van der Waals surface area contributed by atoms with Crippen LogP contribution in [-0.4, -0.2) is 0 Å². The van der Waals surface area contributed by atoms with Crippen molar-refractivity contribution in [1.29, 1.82) is 0 Å². The Morgan fingerprint density at radius 1 is 0.315 bits per heavy atom. The standard InChI is InChI=1S/C52H35NO/c1-4-12-36(13-5-1)37-20-22-38(23-21-37)39-24-29-45(30-25-39)53(44-16-8-3-9-17-44)46-31-26-40(27-32-46)42-28-33-47-43(34-42)35-49(41-14-6-2-7-15-41)52-51(47)48-18-10-11-19-50(48)54-52/h1-35H. The van der Waals surface area contributed by atoms with Gasteiger partial charge in [-0.15, -0.1) is 0 Å². The van der Waals surface area contributed by atoms with Gasteiger partial charge >= 0.3 is 0 Å². The van der Waals surface area contributed by atoms with E-state index in [0.717, 1.165) is 50.1 Å². The third kappa shape index (κ3) is 5.71. The van der Waals surface area contributed by atoms with Gasteiger partial charge in [0.1, 0.15) is 11.2 Å². The van der Waals surface area contributed by atoms with Gasteiger partial charge in [-0.05, 0) is 104 Å². The summed E-state index contributed by atoms with van der Waals surface area (Å²) >= 11 is 0. The second-order valence-corrected chi connectivity index (χ2v) is 13.7. The largest absolute Gasteiger partial charge is 0.455 e. The molecule has 0 aliphatic carbocycles. The van der Waals surface area contributed by atoms with E-state index in [1.54, 1.807) is 0 Å². The molecule has 0 N–H and O–H groups in total. The lowest BCUT2D eigenvalue weighted by Crippen LogP contribution is -2.09. The number of anilines is 3. The molecular weight excluding hydrogens is 655 g/mol. The fourth-order valence-electron chi connectivity index (χ4n) is 7.76. The van der Waals surface area contributed by atoms with Gasteiger partial charge < -0.3 is 9.32 Å². The van der Waals surface area contributed by atoms with Gasteiger partial charge in [0.15, 0.2) is 0 Å². The number of para-hydroxylation sites is 2. The summed E-state index contributed by atoms with van der Waals surface area (Å²) in [5, 5.41) is 4.69. The van der Waals surface area contributed by atoms with Crippen molar-refractivity contribution in [2.24, 2.45) is 0 Å². The van der Waals surface area contributed by atoms with Crippen molar-refractivity contribution in [3.8, 4) is 44.5 Å². The first-order chi connectivity index (χ1) is 26.8. The van der Waals surface area contributed by atoms with E-state index in [0.29, 0.717) is 0 Å². The zero-order valence-electron chi connectivity index (χ0n) is 29.6. The zero-order chi connectivity index (χ0) is 35.8. The molecule has 1 heterocycles. The highest BCUT2D eigenvalue weighted by Gasteiger charge is 2.17. The number of nitrogens with zero attached hydrogens (tertiary/aromatic N) is 1. The number of hydrogen-bond donors (Lipinski definition) is 0. The van der Waals surface area contributed by atoms with E-state index in [-0.39, 0.29) is 0 Å². The summed E-state index contributed by atoms with van der Waals surface area (Å²) in [4.78, 5) is 2.32. The Labute approximate surface area is 314 Å². The highest BCUT2D eigenvalue weighted by molar-refractivity contribution is 6.22. The SMILES string of the molecule is c1ccc(-c2ccc(-c3ccc(N(c4ccccc4)c4ccc(-c5ccc6c(c5)cc(-c5ccccc5)c5oc7ccccc7c56)cc4)cc3)cc2)cc1. The predicted molar refractivity (Wildman–Crippen MR) is 228 cm³/mol. The maximum absolute atomic E-state index is 6.51. The van der Waals surface area contributed by atoms with Gasteiger partial charge in [0, 0.05) is 33.4 Å². The number of furan rings is 1. The van der Waals surface area contributed by atoms with Gasteiger partial charge in [0.05, 0.1) is 0 Å². The minimum absolute atomic E-state index is 0.909. The first-order valence-corrected chi connectivity index (χ1v) is 18.4. The molecule has 10 aromatic rings. The van der Waals surface area contributed by atoms with Crippen LogP contribution in [-0.2, 0) is 0 Å². The molecule has 0 unspecified atom stereocenters.